The summed E-state index contributed by atoms with van der Waals surface area (Å²) in [5.41, 5.74) is 3.16. The lowest BCUT2D eigenvalue weighted by atomic mass is 9.90. The number of rotatable bonds is 4. The number of nitro benzene ring substituents is 2. The highest BCUT2D eigenvalue weighted by Gasteiger charge is 2.33. The van der Waals surface area contributed by atoms with Gasteiger partial charge in [-0.25, -0.2) is 0 Å². The van der Waals surface area contributed by atoms with Crippen LogP contribution < -0.4 is 4.90 Å². The quantitative estimate of drug-likeness (QED) is 0.322. The molecule has 1 amide bonds. The van der Waals surface area contributed by atoms with Crippen LogP contribution in [0.25, 0.3) is 11.1 Å². The van der Waals surface area contributed by atoms with Crippen molar-refractivity contribution in [3.8, 4) is 0 Å². The van der Waals surface area contributed by atoms with E-state index in [0.29, 0.717) is 38.5 Å². The van der Waals surface area contributed by atoms with E-state index in [9.17, 15) is 25.0 Å². The maximum Gasteiger partial charge on any atom is 0.269 e. The molecule has 0 aromatic heterocycles. The number of fused-ring (bicyclic) bond motifs is 1. The fraction of sp³-hybridized carbons (Fsp3) is 0.0455. The van der Waals surface area contributed by atoms with Gasteiger partial charge in [-0.3, -0.25) is 25.0 Å². The average Bonchev–Trinajstić information content (AvgIpc) is 2.99. The van der Waals surface area contributed by atoms with Gasteiger partial charge in [-0.2, -0.15) is 0 Å². The molecule has 0 fully saturated rings. The maximum atomic E-state index is 13.2. The van der Waals surface area contributed by atoms with Gasteiger partial charge in [0.1, 0.15) is 0 Å². The fourth-order valence-corrected chi connectivity index (χ4v) is 3.75. The number of nitro groups is 2. The summed E-state index contributed by atoms with van der Waals surface area (Å²) in [4.78, 5) is 35.8. The third-order valence-corrected chi connectivity index (χ3v) is 5.33. The topological polar surface area (TPSA) is 107 Å². The molecule has 4 rings (SSSR count). The van der Waals surface area contributed by atoms with Crippen LogP contribution in [0.1, 0.15) is 16.7 Å². The van der Waals surface area contributed by atoms with Crippen LogP contribution in [0.3, 0.4) is 0 Å². The van der Waals surface area contributed by atoms with E-state index >= 15 is 0 Å². The second-order valence-electron chi connectivity index (χ2n) is 6.88. The molecule has 1 aliphatic rings. The number of hydrogen-bond acceptors (Lipinski definition) is 5. The van der Waals surface area contributed by atoms with Crippen LogP contribution in [-0.4, -0.2) is 22.8 Å². The number of likely N-dealkylation sites (N-methyl/N-ethyl adjacent to an activating group) is 1. The Balaban J connectivity index is 2.00. The maximum absolute atomic E-state index is 13.2. The van der Waals surface area contributed by atoms with Gasteiger partial charge in [-0.1, -0.05) is 17.7 Å². The largest absolute Gasteiger partial charge is 0.311 e. The first-order chi connectivity index (χ1) is 14.8. The molecule has 0 saturated carbocycles. The molecule has 0 atom stereocenters. The van der Waals surface area contributed by atoms with Crippen molar-refractivity contribution in [1.29, 1.82) is 0 Å². The second kappa shape index (κ2) is 7.66. The first kappa shape index (κ1) is 20.2. The van der Waals surface area contributed by atoms with E-state index in [1.165, 1.54) is 29.2 Å². The molecule has 0 aliphatic carbocycles. The normalized spacial score (nSPS) is 12.6. The summed E-state index contributed by atoms with van der Waals surface area (Å²) in [6, 6.07) is 16.8. The van der Waals surface area contributed by atoms with Gasteiger partial charge in [0, 0.05) is 47.5 Å². The monoisotopic (exact) mass is 435 g/mol. The van der Waals surface area contributed by atoms with Crippen LogP contribution in [0, 0.1) is 20.2 Å². The van der Waals surface area contributed by atoms with Gasteiger partial charge < -0.3 is 4.90 Å². The first-order valence-corrected chi connectivity index (χ1v) is 9.47. The Morgan fingerprint density at radius 3 is 1.77 bits per heavy atom. The third-order valence-electron chi connectivity index (χ3n) is 5.09. The van der Waals surface area contributed by atoms with E-state index in [2.05, 4.69) is 0 Å². The highest BCUT2D eigenvalue weighted by atomic mass is 35.5. The number of benzene rings is 3. The van der Waals surface area contributed by atoms with Crippen molar-refractivity contribution >= 4 is 45.7 Å². The van der Waals surface area contributed by atoms with E-state index in [1.54, 1.807) is 49.5 Å². The van der Waals surface area contributed by atoms with Gasteiger partial charge in [0.2, 0.25) is 0 Å². The van der Waals surface area contributed by atoms with Crippen LogP contribution in [0.2, 0.25) is 5.02 Å². The standard InChI is InChI=1S/C22H14ClN3O5/c1-24-19-12-15(23)6-11-18(19)21(22(24)27)20(13-2-7-16(8-3-13)25(28)29)14-4-9-17(10-5-14)26(30)31/h2-12H,1H3. The lowest BCUT2D eigenvalue weighted by molar-refractivity contribution is -0.385. The molecule has 0 saturated heterocycles. The Hall–Kier alpha value is -4.04. The molecule has 0 bridgehead atoms. The number of non-ortho nitro benzene ring substituents is 2. The molecule has 0 N–H and O–H groups in total. The minimum Gasteiger partial charge on any atom is -0.311 e. The summed E-state index contributed by atoms with van der Waals surface area (Å²) in [5, 5.41) is 22.6. The van der Waals surface area contributed by atoms with Crippen molar-refractivity contribution < 1.29 is 14.6 Å². The minimum atomic E-state index is -0.506. The molecule has 154 valence electrons. The Kier molecular flexibility index (Phi) is 5.00. The fourth-order valence-electron chi connectivity index (χ4n) is 3.58. The molecule has 31 heavy (non-hydrogen) atoms. The zero-order chi connectivity index (χ0) is 22.3. The van der Waals surface area contributed by atoms with E-state index in [-0.39, 0.29) is 17.3 Å². The minimum absolute atomic E-state index is 0.0844. The van der Waals surface area contributed by atoms with E-state index < -0.39 is 9.85 Å². The van der Waals surface area contributed by atoms with Gasteiger partial charge in [0.25, 0.3) is 17.3 Å². The predicted octanol–water partition coefficient (Wildman–Crippen LogP) is 5.09. The molecular formula is C22H14ClN3O5. The van der Waals surface area contributed by atoms with Gasteiger partial charge >= 0.3 is 0 Å². The van der Waals surface area contributed by atoms with Crippen LogP contribution >= 0.6 is 11.6 Å². The SMILES string of the molecule is CN1C(=O)C(=C(c2ccc([N+](=O)[O-])cc2)c2ccc([N+](=O)[O-])cc2)c2ccc(Cl)cc21. The van der Waals surface area contributed by atoms with Crippen molar-refractivity contribution in [3.63, 3.8) is 0 Å². The Morgan fingerprint density at radius 1 is 0.839 bits per heavy atom. The van der Waals surface area contributed by atoms with Gasteiger partial charge in [0.15, 0.2) is 0 Å². The van der Waals surface area contributed by atoms with Crippen LogP contribution in [0.4, 0.5) is 17.1 Å². The molecular weight excluding hydrogens is 422 g/mol. The molecule has 3 aromatic carbocycles. The summed E-state index contributed by atoms with van der Waals surface area (Å²) in [6.45, 7) is 0. The number of anilines is 1. The van der Waals surface area contributed by atoms with Crippen molar-refractivity contribution in [2.24, 2.45) is 0 Å². The highest BCUT2D eigenvalue weighted by Crippen LogP contribution is 2.43. The molecule has 0 spiro atoms. The summed E-state index contributed by atoms with van der Waals surface area (Å²) >= 11 is 6.11. The lowest BCUT2D eigenvalue weighted by Gasteiger charge is -2.13. The number of nitrogens with zero attached hydrogens (tertiary/aromatic N) is 3. The van der Waals surface area contributed by atoms with E-state index in [0.717, 1.165) is 0 Å². The zero-order valence-electron chi connectivity index (χ0n) is 16.1. The van der Waals surface area contributed by atoms with Crippen LogP contribution in [0.5, 0.6) is 0 Å². The van der Waals surface area contributed by atoms with Gasteiger partial charge in [-0.15, -0.1) is 0 Å². The summed E-state index contributed by atoms with van der Waals surface area (Å²) in [6.07, 6.45) is 0. The number of hydrogen-bond donors (Lipinski definition) is 0. The van der Waals surface area contributed by atoms with E-state index in [4.69, 9.17) is 11.6 Å². The number of amides is 1. The Bertz CT molecular complexity index is 1210. The van der Waals surface area contributed by atoms with Crippen molar-refractivity contribution in [3.05, 3.63) is 109 Å². The first-order valence-electron chi connectivity index (χ1n) is 9.10. The zero-order valence-corrected chi connectivity index (χ0v) is 16.9. The lowest BCUT2D eigenvalue weighted by Crippen LogP contribution is -2.21. The Morgan fingerprint density at radius 2 is 1.32 bits per heavy atom. The number of carbonyl (C=O) groups is 1. The highest BCUT2D eigenvalue weighted by molar-refractivity contribution is 6.39. The summed E-state index contributed by atoms with van der Waals surface area (Å²) < 4.78 is 0. The van der Waals surface area contributed by atoms with Crippen molar-refractivity contribution in [2.45, 2.75) is 0 Å². The summed E-state index contributed by atoms with van der Waals surface area (Å²) in [7, 11) is 1.63. The molecule has 1 heterocycles. The Labute approximate surface area is 181 Å². The predicted molar refractivity (Wildman–Crippen MR) is 117 cm³/mol. The average molecular weight is 436 g/mol. The molecule has 9 heteroatoms. The smallest absolute Gasteiger partial charge is 0.269 e. The number of carbonyl (C=O) groups excluding carboxylic acids is 1. The molecule has 1 aliphatic heterocycles. The van der Waals surface area contributed by atoms with Crippen LogP contribution in [0.15, 0.2) is 66.7 Å². The third kappa shape index (κ3) is 3.53. The van der Waals surface area contributed by atoms with Crippen molar-refractivity contribution in [1.82, 2.24) is 0 Å². The molecule has 8 nitrogen and oxygen atoms in total. The van der Waals surface area contributed by atoms with Gasteiger partial charge in [-0.05, 0) is 47.5 Å². The molecule has 3 aromatic rings. The summed E-state index contributed by atoms with van der Waals surface area (Å²) in [5.74, 6) is -0.274. The molecule has 0 radical (unpaired) electrons. The van der Waals surface area contributed by atoms with Crippen molar-refractivity contribution in [2.75, 3.05) is 11.9 Å². The second-order valence-corrected chi connectivity index (χ2v) is 7.32. The van der Waals surface area contributed by atoms with Crippen LogP contribution in [-0.2, 0) is 4.79 Å². The molecule has 0 unspecified atom stereocenters. The van der Waals surface area contributed by atoms with E-state index in [1.807, 2.05) is 0 Å². The van der Waals surface area contributed by atoms with Gasteiger partial charge in [0.05, 0.1) is 21.1 Å². The number of halogens is 1.